The Labute approximate surface area is 126 Å². The number of methoxy groups -OCH3 is 1. The molecule has 22 heavy (non-hydrogen) atoms. The zero-order valence-corrected chi connectivity index (χ0v) is 11.6. The fourth-order valence-corrected chi connectivity index (χ4v) is 1.70. The second kappa shape index (κ2) is 6.73. The van der Waals surface area contributed by atoms with Gasteiger partial charge in [-0.05, 0) is 18.2 Å². The van der Waals surface area contributed by atoms with Crippen LogP contribution in [0.15, 0.2) is 42.1 Å². The van der Waals surface area contributed by atoms with Crippen molar-refractivity contribution < 1.29 is 9.53 Å². The van der Waals surface area contributed by atoms with Crippen molar-refractivity contribution in [1.29, 1.82) is 10.5 Å². The minimum absolute atomic E-state index is 0.0295. The Balaban J connectivity index is 2.24. The average Bonchev–Trinajstić information content (AvgIpc) is 3.05. The van der Waals surface area contributed by atoms with E-state index in [4.69, 9.17) is 10.5 Å². The smallest absolute Gasteiger partial charge is 0.356 e. The van der Waals surface area contributed by atoms with Crippen molar-refractivity contribution in [2.24, 2.45) is 0 Å². The van der Waals surface area contributed by atoms with Gasteiger partial charge in [-0.15, -0.1) is 0 Å². The summed E-state index contributed by atoms with van der Waals surface area (Å²) >= 11 is 0. The molecule has 0 radical (unpaired) electrons. The number of benzene rings is 1. The number of ether oxygens (including phenoxy) is 1. The molecule has 7 heteroatoms. The van der Waals surface area contributed by atoms with Gasteiger partial charge in [-0.25, -0.2) is 4.79 Å². The number of allylic oxidation sites excluding steroid dienone is 1. The van der Waals surface area contributed by atoms with Crippen LogP contribution in [0.3, 0.4) is 0 Å². The molecule has 0 fully saturated rings. The molecule has 0 saturated carbocycles. The summed E-state index contributed by atoms with van der Waals surface area (Å²) in [6.07, 6.45) is 1.32. The van der Waals surface area contributed by atoms with Gasteiger partial charge in [0.2, 0.25) is 0 Å². The van der Waals surface area contributed by atoms with Crippen molar-refractivity contribution in [1.82, 2.24) is 10.2 Å². The summed E-state index contributed by atoms with van der Waals surface area (Å²) in [6.45, 7) is 0. The van der Waals surface area contributed by atoms with Crippen molar-refractivity contribution in [2.75, 3.05) is 12.4 Å². The summed E-state index contributed by atoms with van der Waals surface area (Å²) in [5.41, 5.74) is 2.25. The van der Waals surface area contributed by atoms with Gasteiger partial charge >= 0.3 is 5.97 Å². The molecule has 0 aliphatic heterocycles. The van der Waals surface area contributed by atoms with Crippen LogP contribution in [0, 0.1) is 22.7 Å². The summed E-state index contributed by atoms with van der Waals surface area (Å²) in [5, 5.41) is 26.9. The second-order valence-electron chi connectivity index (χ2n) is 4.17. The van der Waals surface area contributed by atoms with Crippen LogP contribution in [-0.2, 0) is 4.74 Å². The van der Waals surface area contributed by atoms with Crippen LogP contribution in [0.5, 0.6) is 0 Å². The number of aromatic nitrogens is 2. The molecule has 0 bridgehead atoms. The third-order valence-electron chi connectivity index (χ3n) is 2.77. The van der Waals surface area contributed by atoms with E-state index in [2.05, 4.69) is 20.3 Å². The first-order valence-electron chi connectivity index (χ1n) is 6.19. The quantitative estimate of drug-likeness (QED) is 0.659. The fourth-order valence-electron chi connectivity index (χ4n) is 1.70. The molecule has 1 aromatic heterocycles. The first-order valence-corrected chi connectivity index (χ1v) is 6.19. The van der Waals surface area contributed by atoms with E-state index < -0.39 is 5.97 Å². The summed E-state index contributed by atoms with van der Waals surface area (Å²) < 4.78 is 4.61. The van der Waals surface area contributed by atoms with E-state index >= 15 is 0 Å². The highest BCUT2D eigenvalue weighted by molar-refractivity contribution is 5.88. The maximum atomic E-state index is 11.4. The highest BCUT2D eigenvalue weighted by Crippen LogP contribution is 2.21. The Bertz CT molecular complexity index is 792. The predicted octanol–water partition coefficient (Wildman–Crippen LogP) is 2.21. The van der Waals surface area contributed by atoms with Crippen molar-refractivity contribution in [2.45, 2.75) is 0 Å². The minimum Gasteiger partial charge on any atom is -0.464 e. The molecule has 1 aromatic carbocycles. The molecule has 0 aliphatic rings. The van der Waals surface area contributed by atoms with Gasteiger partial charge in [0, 0.05) is 17.5 Å². The van der Waals surface area contributed by atoms with Gasteiger partial charge in [-0.3, -0.25) is 5.10 Å². The maximum Gasteiger partial charge on any atom is 0.356 e. The number of hydrogen-bond donors (Lipinski definition) is 2. The van der Waals surface area contributed by atoms with Crippen molar-refractivity contribution >= 4 is 11.7 Å². The fraction of sp³-hybridized carbons (Fsp3) is 0.0667. The molecule has 2 N–H and O–H groups in total. The molecule has 0 unspecified atom stereocenters. The topological polar surface area (TPSA) is 115 Å². The second-order valence-corrected chi connectivity index (χ2v) is 4.17. The number of hydrogen-bond acceptors (Lipinski definition) is 6. The predicted molar refractivity (Wildman–Crippen MR) is 78.3 cm³/mol. The number of aromatic amines is 1. The lowest BCUT2D eigenvalue weighted by atomic mass is 10.1. The number of carbonyl (C=O) groups is 1. The maximum absolute atomic E-state index is 11.4. The van der Waals surface area contributed by atoms with E-state index in [0.29, 0.717) is 11.4 Å². The van der Waals surface area contributed by atoms with Gasteiger partial charge in [0.05, 0.1) is 12.8 Å². The van der Waals surface area contributed by atoms with Gasteiger partial charge < -0.3 is 10.1 Å². The van der Waals surface area contributed by atoms with Gasteiger partial charge in [0.1, 0.15) is 23.4 Å². The number of nitriles is 2. The van der Waals surface area contributed by atoms with Crippen molar-refractivity contribution in [3.63, 3.8) is 0 Å². The van der Waals surface area contributed by atoms with Gasteiger partial charge in [0.15, 0.2) is 0 Å². The summed E-state index contributed by atoms with van der Waals surface area (Å²) in [5.74, 6) is -0.497. The summed E-state index contributed by atoms with van der Waals surface area (Å²) in [6, 6.07) is 12.3. The molecule has 0 spiro atoms. The first-order chi connectivity index (χ1) is 10.7. The highest BCUT2D eigenvalue weighted by Gasteiger charge is 2.11. The summed E-state index contributed by atoms with van der Waals surface area (Å²) in [4.78, 5) is 11.4. The van der Waals surface area contributed by atoms with Crippen LogP contribution in [0.1, 0.15) is 10.5 Å². The third kappa shape index (κ3) is 3.30. The van der Waals surface area contributed by atoms with Crippen LogP contribution in [0.25, 0.3) is 11.3 Å². The molecule has 108 valence electrons. The highest BCUT2D eigenvalue weighted by atomic mass is 16.5. The van der Waals surface area contributed by atoms with E-state index in [1.54, 1.807) is 36.4 Å². The minimum atomic E-state index is -0.497. The third-order valence-corrected chi connectivity index (χ3v) is 2.77. The molecular formula is C15H11N5O2. The van der Waals surface area contributed by atoms with Crippen LogP contribution in [0.2, 0.25) is 0 Å². The van der Waals surface area contributed by atoms with E-state index in [9.17, 15) is 4.79 Å². The molecule has 0 amide bonds. The number of H-pyrrole nitrogens is 1. The zero-order valence-electron chi connectivity index (χ0n) is 11.6. The Morgan fingerprint density at radius 2 is 2.14 bits per heavy atom. The number of nitrogens with zero attached hydrogens (tertiary/aromatic N) is 3. The standard InChI is InChI=1S/C15H11N5O2/c1-22-15(21)14-6-13(19-20-14)11-3-2-4-12(5-11)18-9-10(7-16)8-17/h2-6,9,18H,1H3,(H,19,20). The lowest BCUT2D eigenvalue weighted by Gasteiger charge is -2.02. The molecule has 0 aliphatic carbocycles. The number of anilines is 1. The molecular weight excluding hydrogens is 282 g/mol. The Morgan fingerprint density at radius 1 is 1.36 bits per heavy atom. The Kier molecular flexibility index (Phi) is 4.53. The van der Waals surface area contributed by atoms with Crippen LogP contribution in [-0.4, -0.2) is 23.3 Å². The van der Waals surface area contributed by atoms with E-state index in [-0.39, 0.29) is 11.3 Å². The monoisotopic (exact) mass is 293 g/mol. The van der Waals surface area contributed by atoms with Gasteiger partial charge in [-0.1, -0.05) is 12.1 Å². The molecule has 2 aromatic rings. The molecule has 1 heterocycles. The average molecular weight is 293 g/mol. The van der Waals surface area contributed by atoms with Gasteiger partial charge in [-0.2, -0.15) is 15.6 Å². The Hall–Kier alpha value is -3.58. The van der Waals surface area contributed by atoms with E-state index in [0.717, 1.165) is 5.56 Å². The molecule has 0 saturated heterocycles. The normalized spacial score (nSPS) is 9.23. The number of esters is 1. The number of nitrogens with one attached hydrogen (secondary N) is 2. The van der Waals surface area contributed by atoms with Crippen LogP contribution in [0.4, 0.5) is 5.69 Å². The van der Waals surface area contributed by atoms with Crippen molar-refractivity contribution in [3.05, 3.63) is 47.8 Å². The number of rotatable bonds is 4. The summed E-state index contributed by atoms with van der Waals surface area (Å²) in [7, 11) is 1.29. The van der Waals surface area contributed by atoms with E-state index in [1.165, 1.54) is 13.3 Å². The van der Waals surface area contributed by atoms with Crippen LogP contribution >= 0.6 is 0 Å². The van der Waals surface area contributed by atoms with Crippen LogP contribution < -0.4 is 5.32 Å². The molecule has 2 rings (SSSR count). The van der Waals surface area contributed by atoms with Crippen molar-refractivity contribution in [3.8, 4) is 23.4 Å². The first kappa shape index (κ1) is 14.8. The lowest BCUT2D eigenvalue weighted by molar-refractivity contribution is 0.0594. The van der Waals surface area contributed by atoms with E-state index in [1.807, 2.05) is 6.07 Å². The lowest BCUT2D eigenvalue weighted by Crippen LogP contribution is -2.00. The zero-order chi connectivity index (χ0) is 15.9. The molecule has 0 atom stereocenters. The SMILES string of the molecule is COC(=O)c1cc(-c2cccc(NC=C(C#N)C#N)c2)n[nH]1. The molecule has 7 nitrogen and oxygen atoms in total. The number of carbonyl (C=O) groups excluding carboxylic acids is 1. The largest absolute Gasteiger partial charge is 0.464 e. The Morgan fingerprint density at radius 3 is 2.82 bits per heavy atom. The van der Waals surface area contributed by atoms with Gasteiger partial charge in [0.25, 0.3) is 0 Å².